The second-order valence-corrected chi connectivity index (χ2v) is 19.2. The highest BCUT2D eigenvalue weighted by molar-refractivity contribution is 5.71. The highest BCUT2D eigenvalue weighted by Crippen LogP contribution is 2.17. The van der Waals surface area contributed by atoms with Crippen molar-refractivity contribution in [2.75, 3.05) is 13.2 Å². The average Bonchev–Trinajstić information content (AvgIpc) is 3.28. The van der Waals surface area contributed by atoms with E-state index >= 15 is 0 Å². The number of allylic oxidation sites excluding steroid dienone is 2. The van der Waals surface area contributed by atoms with Crippen molar-refractivity contribution < 1.29 is 28.6 Å². The number of unbranched alkanes of at least 4 members (excludes halogenated alkanes) is 39. The summed E-state index contributed by atoms with van der Waals surface area (Å²) in [5.74, 6) is -0.857. The molecular formula is C57H108O6. The molecule has 63 heavy (non-hydrogen) atoms. The van der Waals surface area contributed by atoms with Crippen LogP contribution < -0.4 is 0 Å². The zero-order valence-corrected chi connectivity index (χ0v) is 42.6. The van der Waals surface area contributed by atoms with Gasteiger partial charge in [-0.05, 0) is 44.9 Å². The molecule has 0 aliphatic heterocycles. The third-order valence-corrected chi connectivity index (χ3v) is 12.8. The van der Waals surface area contributed by atoms with E-state index < -0.39 is 6.10 Å². The lowest BCUT2D eigenvalue weighted by molar-refractivity contribution is -0.167. The molecule has 0 amide bonds. The van der Waals surface area contributed by atoms with Gasteiger partial charge in [-0.3, -0.25) is 14.4 Å². The molecule has 0 aromatic carbocycles. The summed E-state index contributed by atoms with van der Waals surface area (Å²) in [7, 11) is 0. The summed E-state index contributed by atoms with van der Waals surface area (Å²) in [4.78, 5) is 37.7. The second kappa shape index (κ2) is 52.8. The predicted octanol–water partition coefficient (Wildman–Crippen LogP) is 18.5. The van der Waals surface area contributed by atoms with Crippen LogP contribution in [0.5, 0.6) is 0 Å². The Morgan fingerprint density at radius 1 is 0.302 bits per heavy atom. The molecule has 1 atom stereocenters. The molecule has 372 valence electrons. The molecule has 0 fully saturated rings. The summed E-state index contributed by atoms with van der Waals surface area (Å²) >= 11 is 0. The highest BCUT2D eigenvalue weighted by Gasteiger charge is 2.19. The largest absolute Gasteiger partial charge is 0.462 e. The Hall–Kier alpha value is -1.85. The van der Waals surface area contributed by atoms with Crippen molar-refractivity contribution >= 4 is 17.9 Å². The maximum absolute atomic E-state index is 12.7. The van der Waals surface area contributed by atoms with Crippen molar-refractivity contribution in [2.24, 2.45) is 0 Å². The van der Waals surface area contributed by atoms with Gasteiger partial charge >= 0.3 is 17.9 Å². The topological polar surface area (TPSA) is 78.9 Å². The van der Waals surface area contributed by atoms with Gasteiger partial charge in [0.2, 0.25) is 0 Å². The van der Waals surface area contributed by atoms with Gasteiger partial charge in [0, 0.05) is 19.3 Å². The molecular weight excluding hydrogens is 781 g/mol. The van der Waals surface area contributed by atoms with Gasteiger partial charge in [-0.25, -0.2) is 0 Å². The van der Waals surface area contributed by atoms with Crippen molar-refractivity contribution in [3.05, 3.63) is 12.2 Å². The number of hydrogen-bond acceptors (Lipinski definition) is 6. The number of ether oxygens (including phenoxy) is 3. The Labute approximate surface area is 392 Å². The van der Waals surface area contributed by atoms with Crippen LogP contribution in [0, 0.1) is 0 Å². The van der Waals surface area contributed by atoms with Crippen molar-refractivity contribution in [3.63, 3.8) is 0 Å². The summed E-state index contributed by atoms with van der Waals surface area (Å²) in [6.07, 6.45) is 59.6. The molecule has 6 nitrogen and oxygen atoms in total. The van der Waals surface area contributed by atoms with E-state index in [0.717, 1.165) is 57.8 Å². The van der Waals surface area contributed by atoms with Crippen LogP contribution in [0.1, 0.15) is 316 Å². The van der Waals surface area contributed by atoms with Crippen LogP contribution in [-0.2, 0) is 28.6 Å². The van der Waals surface area contributed by atoms with E-state index in [2.05, 4.69) is 32.9 Å². The first-order chi connectivity index (χ1) is 31.0. The molecule has 0 aromatic heterocycles. The maximum atomic E-state index is 12.7. The molecule has 0 bridgehead atoms. The Morgan fingerprint density at radius 2 is 0.524 bits per heavy atom. The molecule has 0 aliphatic carbocycles. The van der Waals surface area contributed by atoms with Crippen LogP contribution in [0.4, 0.5) is 0 Å². The monoisotopic (exact) mass is 889 g/mol. The van der Waals surface area contributed by atoms with Gasteiger partial charge in [-0.15, -0.1) is 0 Å². The summed E-state index contributed by atoms with van der Waals surface area (Å²) in [6, 6.07) is 0. The highest BCUT2D eigenvalue weighted by atomic mass is 16.6. The van der Waals surface area contributed by atoms with Gasteiger partial charge in [0.25, 0.3) is 0 Å². The number of rotatable bonds is 52. The lowest BCUT2D eigenvalue weighted by Crippen LogP contribution is -2.30. The standard InChI is InChI=1S/C57H108O6/c1-4-7-10-13-16-18-20-22-23-24-25-26-27-28-29-30-31-32-33-34-35-36-38-39-41-44-47-50-56(59)62-53-54(52-61-55(58)49-46-43-15-12-9-6-3)63-57(60)51-48-45-42-40-37-21-19-17-14-11-8-5-2/h24-25,54H,4-23,26-53H2,1-3H3/b25-24-. The maximum Gasteiger partial charge on any atom is 0.306 e. The van der Waals surface area contributed by atoms with Gasteiger partial charge in [-0.1, -0.05) is 264 Å². The Bertz CT molecular complexity index is 978. The lowest BCUT2D eigenvalue weighted by atomic mass is 10.0. The molecule has 0 rings (SSSR count). The van der Waals surface area contributed by atoms with Gasteiger partial charge in [0.1, 0.15) is 13.2 Å². The number of hydrogen-bond donors (Lipinski definition) is 0. The van der Waals surface area contributed by atoms with Crippen LogP contribution in [0.3, 0.4) is 0 Å². The van der Waals surface area contributed by atoms with E-state index in [9.17, 15) is 14.4 Å². The number of carbonyl (C=O) groups is 3. The van der Waals surface area contributed by atoms with Crippen molar-refractivity contribution in [3.8, 4) is 0 Å². The first-order valence-electron chi connectivity index (χ1n) is 28.2. The Kier molecular flexibility index (Phi) is 51.2. The Balaban J connectivity index is 3.97. The van der Waals surface area contributed by atoms with Crippen LogP contribution in [-0.4, -0.2) is 37.2 Å². The van der Waals surface area contributed by atoms with Crippen molar-refractivity contribution in [1.82, 2.24) is 0 Å². The fourth-order valence-corrected chi connectivity index (χ4v) is 8.50. The molecule has 0 radical (unpaired) electrons. The van der Waals surface area contributed by atoms with E-state index in [-0.39, 0.29) is 31.1 Å². The van der Waals surface area contributed by atoms with Crippen LogP contribution in [0.2, 0.25) is 0 Å². The molecule has 0 saturated heterocycles. The summed E-state index contributed by atoms with van der Waals surface area (Å²) in [5.41, 5.74) is 0. The zero-order valence-electron chi connectivity index (χ0n) is 42.6. The first-order valence-corrected chi connectivity index (χ1v) is 28.2. The normalized spacial score (nSPS) is 12.0. The molecule has 0 aliphatic rings. The molecule has 0 heterocycles. The summed E-state index contributed by atoms with van der Waals surface area (Å²) in [6.45, 7) is 6.61. The smallest absolute Gasteiger partial charge is 0.306 e. The molecule has 6 heteroatoms. The quantitative estimate of drug-likeness (QED) is 0.0262. The fourth-order valence-electron chi connectivity index (χ4n) is 8.50. The lowest BCUT2D eigenvalue weighted by Gasteiger charge is -2.18. The van der Waals surface area contributed by atoms with E-state index in [1.807, 2.05) is 0 Å². The van der Waals surface area contributed by atoms with Gasteiger partial charge < -0.3 is 14.2 Å². The fraction of sp³-hybridized carbons (Fsp3) is 0.912. The number of esters is 3. The minimum absolute atomic E-state index is 0.0648. The molecule has 0 spiro atoms. The third kappa shape index (κ3) is 51.0. The average molecular weight is 889 g/mol. The molecule has 0 N–H and O–H groups in total. The first kappa shape index (κ1) is 61.1. The minimum Gasteiger partial charge on any atom is -0.462 e. The summed E-state index contributed by atoms with van der Waals surface area (Å²) < 4.78 is 16.7. The van der Waals surface area contributed by atoms with E-state index in [0.29, 0.717) is 19.3 Å². The SMILES string of the molecule is CCCCCCCCCC/C=C\CCCCCCCCCCCCCCCCCC(=O)OCC(COC(=O)CCCCCCCC)OC(=O)CCCCCCCCCCCCCC. The van der Waals surface area contributed by atoms with Gasteiger partial charge in [-0.2, -0.15) is 0 Å². The number of carbonyl (C=O) groups excluding carboxylic acids is 3. The minimum atomic E-state index is -0.760. The van der Waals surface area contributed by atoms with Gasteiger partial charge in [0.15, 0.2) is 6.10 Å². The van der Waals surface area contributed by atoms with Crippen molar-refractivity contribution in [2.45, 2.75) is 322 Å². The van der Waals surface area contributed by atoms with E-state index in [1.54, 1.807) is 0 Å². The Morgan fingerprint density at radius 3 is 0.794 bits per heavy atom. The van der Waals surface area contributed by atoms with E-state index in [4.69, 9.17) is 14.2 Å². The van der Waals surface area contributed by atoms with Crippen molar-refractivity contribution in [1.29, 1.82) is 0 Å². The zero-order chi connectivity index (χ0) is 45.8. The van der Waals surface area contributed by atoms with Gasteiger partial charge in [0.05, 0.1) is 0 Å². The third-order valence-electron chi connectivity index (χ3n) is 12.8. The predicted molar refractivity (Wildman–Crippen MR) is 270 cm³/mol. The molecule has 0 aromatic rings. The molecule has 0 saturated carbocycles. The second-order valence-electron chi connectivity index (χ2n) is 19.2. The van der Waals surface area contributed by atoms with E-state index in [1.165, 1.54) is 218 Å². The van der Waals surface area contributed by atoms with Crippen LogP contribution in [0.15, 0.2) is 12.2 Å². The molecule has 1 unspecified atom stereocenters. The van der Waals surface area contributed by atoms with Crippen LogP contribution >= 0.6 is 0 Å². The summed E-state index contributed by atoms with van der Waals surface area (Å²) in [5, 5.41) is 0. The van der Waals surface area contributed by atoms with Crippen LogP contribution in [0.25, 0.3) is 0 Å².